The van der Waals surface area contributed by atoms with E-state index in [0.29, 0.717) is 18.7 Å². The molecule has 1 unspecified atom stereocenters. The summed E-state index contributed by atoms with van der Waals surface area (Å²) in [6.45, 7) is 12.1. The first kappa shape index (κ1) is 35.3. The van der Waals surface area contributed by atoms with Gasteiger partial charge in [-0.05, 0) is 52.5 Å². The van der Waals surface area contributed by atoms with Crippen molar-refractivity contribution in [3.05, 3.63) is 156 Å². The average molecular weight is 701 g/mol. The highest BCUT2D eigenvalue weighted by atomic mass is 28.4. The van der Waals surface area contributed by atoms with Crippen LogP contribution in [0.5, 0.6) is 0 Å². The van der Waals surface area contributed by atoms with Gasteiger partial charge >= 0.3 is 0 Å². The van der Waals surface area contributed by atoms with Crippen LogP contribution in [0.25, 0.3) is 0 Å². The van der Waals surface area contributed by atoms with Crippen molar-refractivity contribution in [1.29, 1.82) is 0 Å². The highest BCUT2D eigenvalue weighted by Gasteiger charge is 2.64. The third-order valence-corrected chi connectivity index (χ3v) is 15.0. The lowest BCUT2D eigenvalue weighted by atomic mass is 9.99. The Morgan fingerprint density at radius 1 is 0.706 bits per heavy atom. The molecule has 3 heterocycles. The number of aromatic nitrogens is 1. The van der Waals surface area contributed by atoms with Crippen LogP contribution in [0.3, 0.4) is 0 Å². The number of pyridine rings is 1. The fraction of sp³-hybridized carbons (Fsp3) is 0.326. The molecule has 8 heteroatoms. The second-order valence-electron chi connectivity index (χ2n) is 15.1. The van der Waals surface area contributed by atoms with Crippen molar-refractivity contribution in [1.82, 2.24) is 4.98 Å². The second kappa shape index (κ2) is 14.1. The van der Waals surface area contributed by atoms with Crippen molar-refractivity contribution >= 4 is 24.5 Å². The summed E-state index contributed by atoms with van der Waals surface area (Å²) in [6.07, 6.45) is -0.237. The first-order valence-corrected chi connectivity index (χ1v) is 19.7. The van der Waals surface area contributed by atoms with E-state index in [1.807, 2.05) is 50.2 Å². The minimum Gasteiger partial charge on any atom is -0.405 e. The number of ether oxygens (including phenoxy) is 3. The quantitative estimate of drug-likeness (QED) is 0.150. The van der Waals surface area contributed by atoms with Crippen molar-refractivity contribution < 1.29 is 23.7 Å². The number of hydrogen-bond donors (Lipinski definition) is 1. The third-order valence-electron chi connectivity index (χ3n) is 10.0. The van der Waals surface area contributed by atoms with Gasteiger partial charge in [-0.3, -0.25) is 0 Å². The van der Waals surface area contributed by atoms with Crippen LogP contribution in [0, 0.1) is 0 Å². The molecule has 0 amide bonds. The van der Waals surface area contributed by atoms with Gasteiger partial charge in [0.15, 0.2) is 5.79 Å². The zero-order chi connectivity index (χ0) is 35.7. The molecule has 0 radical (unpaired) electrons. The number of fused-ring (bicyclic) bond motifs is 1. The molecule has 0 aliphatic carbocycles. The maximum absolute atomic E-state index is 12.4. The molecule has 2 aliphatic heterocycles. The van der Waals surface area contributed by atoms with Gasteiger partial charge in [0.2, 0.25) is 5.79 Å². The van der Waals surface area contributed by atoms with Crippen LogP contribution in [-0.4, -0.2) is 49.1 Å². The van der Waals surface area contributed by atoms with E-state index >= 15 is 0 Å². The zero-order valence-electron chi connectivity index (χ0n) is 30.1. The van der Waals surface area contributed by atoms with Crippen LogP contribution in [0.2, 0.25) is 5.04 Å². The predicted molar refractivity (Wildman–Crippen MR) is 203 cm³/mol. The molecule has 4 atom stereocenters. The first-order valence-electron chi connectivity index (χ1n) is 17.8. The lowest BCUT2D eigenvalue weighted by molar-refractivity contribution is -0.283. The fourth-order valence-electron chi connectivity index (χ4n) is 7.67. The summed E-state index contributed by atoms with van der Waals surface area (Å²) < 4.78 is 26.7. The number of rotatable bonds is 11. The van der Waals surface area contributed by atoms with Crippen LogP contribution in [0.15, 0.2) is 140 Å². The molecule has 51 heavy (non-hydrogen) atoms. The normalized spacial score (nSPS) is 22.8. The lowest BCUT2D eigenvalue weighted by Gasteiger charge is -2.43. The van der Waals surface area contributed by atoms with Crippen LogP contribution in [-0.2, 0) is 37.5 Å². The van der Waals surface area contributed by atoms with Gasteiger partial charge in [-0.15, -0.1) is 0 Å². The Labute approximate surface area is 302 Å². The summed E-state index contributed by atoms with van der Waals surface area (Å²) in [5.74, 6) is -1.93. The Bertz CT molecular complexity index is 1790. The molecule has 5 aromatic rings. The standard InChI is InChI=1S/C43H48N2O5Si/c1-41(2,3)51(35-22-14-8-15-23-35,36-24-16-9-17-25-36)47-31-37-39-40(50-42(4,5)49-39)43(46,48-37)34-26-27-38(44-28-34)45(29-32-18-10-6-11-19-32)30-33-20-12-7-13-21-33/h6-28,37,39-40,46H,29-31H2,1-5H3/t37-,39-,40-,43?/m1/s1. The SMILES string of the molecule is CC1(C)O[C@H]2[C@@H](O1)C(O)(c1ccc(N(Cc3ccccc3)Cc3ccccc3)nc1)O[C@@H]2CO[Si](c1ccccc1)(c1ccccc1)C(C)(C)C. The zero-order valence-corrected chi connectivity index (χ0v) is 31.1. The van der Waals surface area contributed by atoms with Gasteiger partial charge in [-0.1, -0.05) is 142 Å². The van der Waals surface area contributed by atoms with Crippen LogP contribution in [0.4, 0.5) is 5.82 Å². The van der Waals surface area contributed by atoms with E-state index in [2.05, 4.69) is 123 Å². The fourth-order valence-corrected chi connectivity index (χ4v) is 12.2. The van der Waals surface area contributed by atoms with Gasteiger partial charge < -0.3 is 28.6 Å². The van der Waals surface area contributed by atoms with E-state index in [9.17, 15) is 5.11 Å². The molecule has 4 aromatic carbocycles. The summed E-state index contributed by atoms with van der Waals surface area (Å²) in [5.41, 5.74) is 2.87. The van der Waals surface area contributed by atoms with Crippen LogP contribution in [0.1, 0.15) is 51.3 Å². The summed E-state index contributed by atoms with van der Waals surface area (Å²) in [4.78, 5) is 7.13. The van der Waals surface area contributed by atoms with Crippen molar-refractivity contribution in [2.24, 2.45) is 0 Å². The Morgan fingerprint density at radius 3 is 1.69 bits per heavy atom. The molecule has 0 saturated carbocycles. The Balaban J connectivity index is 1.19. The number of nitrogens with zero attached hydrogens (tertiary/aromatic N) is 2. The van der Waals surface area contributed by atoms with Crippen molar-refractivity contribution in [3.8, 4) is 0 Å². The minimum atomic E-state index is -2.88. The summed E-state index contributed by atoms with van der Waals surface area (Å²) in [5, 5.41) is 14.6. The van der Waals surface area contributed by atoms with Gasteiger partial charge in [0.25, 0.3) is 8.32 Å². The van der Waals surface area contributed by atoms with Crippen molar-refractivity contribution in [2.45, 2.75) is 82.6 Å². The van der Waals surface area contributed by atoms with Gasteiger partial charge in [0.05, 0.1) is 6.61 Å². The molecular formula is C43H48N2O5Si. The lowest BCUT2D eigenvalue weighted by Crippen LogP contribution is -2.67. The minimum absolute atomic E-state index is 0.212. The summed E-state index contributed by atoms with van der Waals surface area (Å²) in [6, 6.07) is 45.6. The Morgan fingerprint density at radius 2 is 1.22 bits per heavy atom. The molecule has 7 rings (SSSR count). The van der Waals surface area contributed by atoms with Crippen molar-refractivity contribution in [2.75, 3.05) is 11.5 Å². The van der Waals surface area contributed by atoms with Crippen LogP contribution < -0.4 is 15.3 Å². The highest BCUT2D eigenvalue weighted by Crippen LogP contribution is 2.48. The molecule has 2 fully saturated rings. The summed E-state index contributed by atoms with van der Waals surface area (Å²) in [7, 11) is -2.88. The molecule has 0 bridgehead atoms. The van der Waals surface area contributed by atoms with E-state index in [-0.39, 0.29) is 11.6 Å². The number of benzene rings is 4. The number of anilines is 1. The summed E-state index contributed by atoms with van der Waals surface area (Å²) >= 11 is 0. The Hall–Kier alpha value is -4.15. The molecule has 1 N–H and O–H groups in total. The molecule has 2 saturated heterocycles. The number of aliphatic hydroxyl groups is 1. The van der Waals surface area contributed by atoms with E-state index in [4.69, 9.17) is 23.6 Å². The molecule has 264 valence electrons. The largest absolute Gasteiger partial charge is 0.405 e. The first-order chi connectivity index (χ1) is 24.5. The van der Waals surface area contributed by atoms with Gasteiger partial charge in [-0.25, -0.2) is 4.98 Å². The van der Waals surface area contributed by atoms with E-state index < -0.39 is 38.2 Å². The molecular weight excluding hydrogens is 653 g/mol. The molecule has 0 spiro atoms. The average Bonchev–Trinajstić information content (AvgIpc) is 3.60. The highest BCUT2D eigenvalue weighted by molar-refractivity contribution is 6.99. The van der Waals surface area contributed by atoms with Gasteiger partial charge in [0, 0.05) is 24.8 Å². The van der Waals surface area contributed by atoms with E-state index in [0.717, 1.165) is 5.82 Å². The monoisotopic (exact) mass is 700 g/mol. The third kappa shape index (κ3) is 7.05. The molecule has 2 aliphatic rings. The maximum Gasteiger partial charge on any atom is 0.261 e. The van der Waals surface area contributed by atoms with E-state index in [1.54, 1.807) is 6.20 Å². The smallest absolute Gasteiger partial charge is 0.261 e. The predicted octanol–water partition coefficient (Wildman–Crippen LogP) is 6.93. The van der Waals surface area contributed by atoms with E-state index in [1.165, 1.54) is 21.5 Å². The maximum atomic E-state index is 12.4. The Kier molecular flexibility index (Phi) is 9.75. The van der Waals surface area contributed by atoms with Crippen LogP contribution >= 0.6 is 0 Å². The van der Waals surface area contributed by atoms with Gasteiger partial charge in [0.1, 0.15) is 24.1 Å². The second-order valence-corrected chi connectivity index (χ2v) is 19.4. The number of hydrogen-bond acceptors (Lipinski definition) is 7. The van der Waals surface area contributed by atoms with Gasteiger partial charge in [-0.2, -0.15) is 0 Å². The molecule has 1 aromatic heterocycles. The molecule has 7 nitrogen and oxygen atoms in total. The van der Waals surface area contributed by atoms with Crippen molar-refractivity contribution in [3.63, 3.8) is 0 Å². The topological polar surface area (TPSA) is 73.3 Å².